The second-order valence-corrected chi connectivity index (χ2v) is 5.40. The quantitative estimate of drug-likeness (QED) is 0.910. The molecule has 1 heterocycles. The van der Waals surface area contributed by atoms with E-state index < -0.39 is 11.9 Å². The zero-order valence-corrected chi connectivity index (χ0v) is 10.9. The number of thiophene rings is 1. The highest BCUT2D eigenvalue weighted by Crippen LogP contribution is 2.29. The number of benzene rings is 1. The van der Waals surface area contributed by atoms with Crippen molar-refractivity contribution in [1.29, 1.82) is 0 Å². The lowest BCUT2D eigenvalue weighted by Crippen LogP contribution is -2.18. The van der Waals surface area contributed by atoms with Gasteiger partial charge in [0, 0.05) is 4.88 Å². The molecule has 1 aromatic heterocycles. The Morgan fingerprint density at radius 1 is 1.28 bits per heavy atom. The summed E-state index contributed by atoms with van der Waals surface area (Å²) in [6.07, 6.45) is 0. The van der Waals surface area contributed by atoms with E-state index in [1.54, 1.807) is 24.3 Å². The van der Waals surface area contributed by atoms with Crippen LogP contribution < -0.4 is 4.74 Å². The maximum absolute atomic E-state index is 11.2. The van der Waals surface area contributed by atoms with Crippen molar-refractivity contribution in [2.45, 2.75) is 5.92 Å². The summed E-state index contributed by atoms with van der Waals surface area (Å²) < 4.78 is 6.06. The van der Waals surface area contributed by atoms with Crippen molar-refractivity contribution in [3.63, 3.8) is 0 Å². The van der Waals surface area contributed by atoms with Crippen LogP contribution in [0.1, 0.15) is 10.8 Å². The molecule has 0 saturated carbocycles. The van der Waals surface area contributed by atoms with Gasteiger partial charge in [0.2, 0.25) is 0 Å². The molecule has 2 aromatic rings. The average Bonchev–Trinajstić information content (AvgIpc) is 2.77. The van der Waals surface area contributed by atoms with Crippen molar-refractivity contribution >= 4 is 28.9 Å². The summed E-state index contributed by atoms with van der Waals surface area (Å²) in [7, 11) is 0. The van der Waals surface area contributed by atoms with Crippen molar-refractivity contribution in [1.82, 2.24) is 0 Å². The van der Waals surface area contributed by atoms with Crippen LogP contribution in [0.2, 0.25) is 4.34 Å². The maximum Gasteiger partial charge on any atom is 0.315 e. The van der Waals surface area contributed by atoms with Gasteiger partial charge < -0.3 is 9.84 Å². The molecule has 0 amide bonds. The van der Waals surface area contributed by atoms with Gasteiger partial charge in [-0.15, -0.1) is 11.3 Å². The van der Waals surface area contributed by atoms with Crippen molar-refractivity contribution in [2.75, 3.05) is 6.61 Å². The lowest BCUT2D eigenvalue weighted by Gasteiger charge is -2.12. The summed E-state index contributed by atoms with van der Waals surface area (Å²) in [4.78, 5) is 11.9. The van der Waals surface area contributed by atoms with E-state index in [4.69, 9.17) is 16.3 Å². The monoisotopic (exact) mass is 282 g/mol. The largest absolute Gasteiger partial charge is 0.492 e. The van der Waals surface area contributed by atoms with Gasteiger partial charge in [0.05, 0.1) is 4.34 Å². The Bertz CT molecular complexity index is 524. The zero-order chi connectivity index (χ0) is 13.0. The Kier molecular flexibility index (Phi) is 4.23. The predicted octanol–water partition coefficient (Wildman–Crippen LogP) is 3.65. The van der Waals surface area contributed by atoms with Gasteiger partial charge in [-0.05, 0) is 24.3 Å². The van der Waals surface area contributed by atoms with Gasteiger partial charge in [0.25, 0.3) is 0 Å². The van der Waals surface area contributed by atoms with Crippen molar-refractivity contribution in [3.05, 3.63) is 51.7 Å². The van der Waals surface area contributed by atoms with Gasteiger partial charge in [0.15, 0.2) is 0 Å². The number of ether oxygens (including phenoxy) is 1. The fourth-order valence-corrected chi connectivity index (χ4v) is 2.63. The summed E-state index contributed by atoms with van der Waals surface area (Å²) in [5.74, 6) is -0.946. The molecule has 0 aliphatic carbocycles. The second kappa shape index (κ2) is 5.89. The normalized spacial score (nSPS) is 12.1. The van der Waals surface area contributed by atoms with Crippen molar-refractivity contribution in [3.8, 4) is 5.75 Å². The molecule has 0 aliphatic heterocycles. The third-order valence-corrected chi connectivity index (χ3v) is 3.74. The molecule has 1 unspecified atom stereocenters. The molecule has 0 aliphatic rings. The number of rotatable bonds is 5. The summed E-state index contributed by atoms with van der Waals surface area (Å²) in [5.41, 5.74) is 0. The molecule has 3 nitrogen and oxygen atoms in total. The first-order chi connectivity index (χ1) is 8.66. The fourth-order valence-electron chi connectivity index (χ4n) is 1.49. The molecule has 1 atom stereocenters. The highest BCUT2D eigenvalue weighted by molar-refractivity contribution is 7.16. The molecule has 5 heteroatoms. The number of para-hydroxylation sites is 1. The molecular formula is C13H11ClO3S. The van der Waals surface area contributed by atoms with Crippen LogP contribution >= 0.6 is 22.9 Å². The summed E-state index contributed by atoms with van der Waals surface area (Å²) in [5, 5.41) is 9.20. The van der Waals surface area contributed by atoms with Crippen LogP contribution in [0.15, 0.2) is 42.5 Å². The minimum absolute atomic E-state index is 0.0934. The van der Waals surface area contributed by atoms with E-state index in [2.05, 4.69) is 0 Å². The number of hydrogen-bond donors (Lipinski definition) is 1. The Hall–Kier alpha value is -1.52. The molecular weight excluding hydrogens is 272 g/mol. The van der Waals surface area contributed by atoms with Crippen LogP contribution in [0, 0.1) is 0 Å². The van der Waals surface area contributed by atoms with E-state index in [-0.39, 0.29) is 6.61 Å². The first-order valence-electron chi connectivity index (χ1n) is 5.32. The lowest BCUT2D eigenvalue weighted by molar-refractivity contribution is -0.139. The predicted molar refractivity (Wildman–Crippen MR) is 71.6 cm³/mol. The first kappa shape index (κ1) is 12.9. The third-order valence-electron chi connectivity index (χ3n) is 2.40. The highest BCUT2D eigenvalue weighted by Gasteiger charge is 2.22. The van der Waals surface area contributed by atoms with Crippen LogP contribution in [0.4, 0.5) is 0 Å². The van der Waals surface area contributed by atoms with E-state index in [0.717, 1.165) is 0 Å². The molecule has 94 valence electrons. The van der Waals surface area contributed by atoms with Gasteiger partial charge in [0.1, 0.15) is 18.3 Å². The van der Waals surface area contributed by atoms with Crippen LogP contribution in [-0.2, 0) is 4.79 Å². The summed E-state index contributed by atoms with van der Waals surface area (Å²) in [6.45, 7) is 0.0934. The number of carboxylic acid groups (broad SMARTS) is 1. The van der Waals surface area contributed by atoms with Crippen LogP contribution in [0.5, 0.6) is 5.75 Å². The van der Waals surface area contributed by atoms with E-state index >= 15 is 0 Å². The van der Waals surface area contributed by atoms with Gasteiger partial charge in [-0.1, -0.05) is 29.8 Å². The molecule has 0 saturated heterocycles. The number of hydrogen-bond acceptors (Lipinski definition) is 3. The standard InChI is InChI=1S/C13H11ClO3S/c14-12-7-6-11(18-12)10(13(15)16)8-17-9-4-2-1-3-5-9/h1-7,10H,8H2,(H,15,16). The molecule has 0 radical (unpaired) electrons. The second-order valence-electron chi connectivity index (χ2n) is 3.66. The van der Waals surface area contributed by atoms with Gasteiger partial charge in [-0.25, -0.2) is 0 Å². The minimum Gasteiger partial charge on any atom is -0.492 e. The number of carboxylic acids is 1. The molecule has 1 N–H and O–H groups in total. The number of carbonyl (C=O) groups is 1. The van der Waals surface area contributed by atoms with Crippen molar-refractivity contribution < 1.29 is 14.6 Å². The third kappa shape index (κ3) is 3.24. The fraction of sp³-hybridized carbons (Fsp3) is 0.154. The lowest BCUT2D eigenvalue weighted by atomic mass is 10.1. The van der Waals surface area contributed by atoms with Gasteiger partial charge in [-0.2, -0.15) is 0 Å². The average molecular weight is 283 g/mol. The molecule has 0 fully saturated rings. The number of aliphatic carboxylic acids is 1. The van der Waals surface area contributed by atoms with Crippen LogP contribution in [0.3, 0.4) is 0 Å². The molecule has 2 rings (SSSR count). The van der Waals surface area contributed by atoms with E-state index in [9.17, 15) is 9.90 Å². The van der Waals surface area contributed by atoms with Crippen molar-refractivity contribution in [2.24, 2.45) is 0 Å². The molecule has 0 bridgehead atoms. The molecule has 0 spiro atoms. The zero-order valence-electron chi connectivity index (χ0n) is 9.38. The maximum atomic E-state index is 11.2. The SMILES string of the molecule is O=C(O)C(COc1ccccc1)c1ccc(Cl)s1. The smallest absolute Gasteiger partial charge is 0.315 e. The highest BCUT2D eigenvalue weighted by atomic mass is 35.5. The van der Waals surface area contributed by atoms with E-state index in [1.165, 1.54) is 11.3 Å². The summed E-state index contributed by atoms with van der Waals surface area (Å²) >= 11 is 7.08. The Morgan fingerprint density at radius 3 is 2.56 bits per heavy atom. The van der Waals surface area contributed by atoms with Crippen LogP contribution in [0.25, 0.3) is 0 Å². The topological polar surface area (TPSA) is 46.5 Å². The van der Waals surface area contributed by atoms with E-state index in [0.29, 0.717) is 15.0 Å². The van der Waals surface area contributed by atoms with Crippen LogP contribution in [-0.4, -0.2) is 17.7 Å². The first-order valence-corrected chi connectivity index (χ1v) is 6.52. The van der Waals surface area contributed by atoms with E-state index in [1.807, 2.05) is 18.2 Å². The van der Waals surface area contributed by atoms with Gasteiger partial charge >= 0.3 is 5.97 Å². The van der Waals surface area contributed by atoms with Gasteiger partial charge in [-0.3, -0.25) is 4.79 Å². The Balaban J connectivity index is 2.06. The Labute approximate surface area is 114 Å². The number of halogens is 1. The molecule has 18 heavy (non-hydrogen) atoms. The minimum atomic E-state index is -0.913. The summed E-state index contributed by atoms with van der Waals surface area (Å²) in [6, 6.07) is 12.6. The Morgan fingerprint density at radius 2 is 2.00 bits per heavy atom. The molecule has 1 aromatic carbocycles.